The molecule has 0 aromatic heterocycles. The van der Waals surface area contributed by atoms with Gasteiger partial charge in [0.25, 0.3) is 0 Å². The molecule has 0 saturated heterocycles. The van der Waals surface area contributed by atoms with Crippen LogP contribution in [0.1, 0.15) is 37.9 Å². The molecule has 4 nitrogen and oxygen atoms in total. The lowest BCUT2D eigenvalue weighted by Gasteiger charge is -2.10. The van der Waals surface area contributed by atoms with Crippen molar-refractivity contribution in [2.75, 3.05) is 6.61 Å². The molecule has 0 radical (unpaired) electrons. The summed E-state index contributed by atoms with van der Waals surface area (Å²) in [7, 11) is 0. The number of hydrogen-bond donors (Lipinski definition) is 2. The lowest BCUT2D eigenvalue weighted by molar-refractivity contribution is -0.121. The van der Waals surface area contributed by atoms with E-state index in [4.69, 9.17) is 4.74 Å². The minimum absolute atomic E-state index is 0.0662. The number of benzene rings is 1. The van der Waals surface area contributed by atoms with Crippen LogP contribution < -0.4 is 10.1 Å². The fourth-order valence-corrected chi connectivity index (χ4v) is 1.68. The largest absolute Gasteiger partial charge is 0.490 e. The van der Waals surface area contributed by atoms with Gasteiger partial charge < -0.3 is 15.2 Å². The minimum atomic E-state index is -0.715. The number of aliphatic hydroxyl groups excluding tert-OH is 1. The van der Waals surface area contributed by atoms with Crippen molar-refractivity contribution in [2.24, 2.45) is 0 Å². The fourth-order valence-electron chi connectivity index (χ4n) is 1.68. The molecule has 0 heterocycles. The molecular formula is C14H18FNO3. The summed E-state index contributed by atoms with van der Waals surface area (Å²) < 4.78 is 18.8. The highest BCUT2D eigenvalue weighted by Gasteiger charge is 2.22. The van der Waals surface area contributed by atoms with Crippen molar-refractivity contribution in [3.8, 4) is 5.75 Å². The Labute approximate surface area is 111 Å². The molecule has 1 saturated carbocycles. The Morgan fingerprint density at radius 1 is 1.58 bits per heavy atom. The van der Waals surface area contributed by atoms with E-state index in [1.165, 1.54) is 12.1 Å². The van der Waals surface area contributed by atoms with Gasteiger partial charge in [-0.1, -0.05) is 6.07 Å². The van der Waals surface area contributed by atoms with Crippen LogP contribution in [0.25, 0.3) is 0 Å². The molecule has 5 heteroatoms. The summed E-state index contributed by atoms with van der Waals surface area (Å²) in [6.07, 6.45) is 1.59. The lowest BCUT2D eigenvalue weighted by atomic mass is 10.1. The predicted octanol–water partition coefficient (Wildman–Crippen LogP) is 1.93. The van der Waals surface area contributed by atoms with Crippen LogP contribution in [0.4, 0.5) is 4.39 Å². The van der Waals surface area contributed by atoms with E-state index in [2.05, 4.69) is 5.32 Å². The third kappa shape index (κ3) is 4.21. The van der Waals surface area contributed by atoms with E-state index < -0.39 is 11.9 Å². The zero-order valence-corrected chi connectivity index (χ0v) is 10.9. The smallest absolute Gasteiger partial charge is 0.223 e. The van der Waals surface area contributed by atoms with Crippen molar-refractivity contribution in [3.05, 3.63) is 29.6 Å². The van der Waals surface area contributed by atoms with Gasteiger partial charge in [-0.3, -0.25) is 4.79 Å². The number of rotatable bonds is 6. The average molecular weight is 267 g/mol. The molecule has 1 amide bonds. The van der Waals surface area contributed by atoms with E-state index >= 15 is 0 Å². The van der Waals surface area contributed by atoms with E-state index in [0.717, 1.165) is 12.8 Å². The van der Waals surface area contributed by atoms with Crippen molar-refractivity contribution in [2.45, 2.75) is 38.3 Å². The Balaban J connectivity index is 1.80. The number of amides is 1. The molecule has 0 bridgehead atoms. The second kappa shape index (κ2) is 6.02. The second-order valence-electron chi connectivity index (χ2n) is 4.81. The number of nitrogens with one attached hydrogen (secondary N) is 1. The van der Waals surface area contributed by atoms with Gasteiger partial charge in [-0.25, -0.2) is 4.39 Å². The third-order valence-corrected chi connectivity index (χ3v) is 2.97. The fraction of sp³-hybridized carbons (Fsp3) is 0.500. The van der Waals surface area contributed by atoms with Crippen molar-refractivity contribution in [1.29, 1.82) is 0 Å². The first kappa shape index (κ1) is 13.8. The van der Waals surface area contributed by atoms with Gasteiger partial charge in [0.05, 0.1) is 19.1 Å². The standard InChI is InChI=1S/C14H18FNO3/c1-9(17)10-2-5-13(12(15)8-10)19-7-6-14(18)16-11-3-4-11/h2,5,8-9,11,17H,3-4,6-7H2,1H3,(H,16,18)/t9-/m1/s1. The SMILES string of the molecule is C[C@@H](O)c1ccc(OCCC(=O)NC2CC2)c(F)c1. The van der Waals surface area contributed by atoms with E-state index in [1.807, 2.05) is 0 Å². The van der Waals surface area contributed by atoms with Gasteiger partial charge >= 0.3 is 0 Å². The van der Waals surface area contributed by atoms with Gasteiger partial charge in [-0.05, 0) is 37.5 Å². The molecule has 1 fully saturated rings. The number of ether oxygens (including phenoxy) is 1. The zero-order valence-electron chi connectivity index (χ0n) is 10.9. The summed E-state index contributed by atoms with van der Waals surface area (Å²) in [5.74, 6) is -0.492. The minimum Gasteiger partial charge on any atom is -0.490 e. The van der Waals surface area contributed by atoms with Crippen molar-refractivity contribution >= 4 is 5.91 Å². The highest BCUT2D eigenvalue weighted by Crippen LogP contribution is 2.22. The quantitative estimate of drug-likeness (QED) is 0.828. The van der Waals surface area contributed by atoms with Crippen LogP contribution >= 0.6 is 0 Å². The Bertz CT molecular complexity index is 458. The maximum atomic E-state index is 13.6. The van der Waals surface area contributed by atoms with Gasteiger partial charge in [0.15, 0.2) is 11.6 Å². The summed E-state index contributed by atoms with van der Waals surface area (Å²) in [5.41, 5.74) is 0.497. The van der Waals surface area contributed by atoms with Gasteiger partial charge in [-0.15, -0.1) is 0 Å². The van der Waals surface area contributed by atoms with Crippen LogP contribution in [0.15, 0.2) is 18.2 Å². The molecule has 0 unspecified atom stereocenters. The molecule has 19 heavy (non-hydrogen) atoms. The summed E-state index contributed by atoms with van der Waals surface area (Å²) >= 11 is 0. The van der Waals surface area contributed by atoms with Crippen molar-refractivity contribution in [3.63, 3.8) is 0 Å². The summed E-state index contributed by atoms with van der Waals surface area (Å²) in [6.45, 7) is 1.71. The number of aliphatic hydroxyl groups is 1. The van der Waals surface area contributed by atoms with Crippen LogP contribution in [0.3, 0.4) is 0 Å². The van der Waals surface area contributed by atoms with E-state index in [-0.39, 0.29) is 24.7 Å². The zero-order chi connectivity index (χ0) is 13.8. The molecule has 1 aliphatic carbocycles. The van der Waals surface area contributed by atoms with Crippen LogP contribution in [0.5, 0.6) is 5.75 Å². The van der Waals surface area contributed by atoms with E-state index in [9.17, 15) is 14.3 Å². The normalized spacial score (nSPS) is 15.9. The maximum Gasteiger partial charge on any atom is 0.223 e. The molecule has 1 aliphatic rings. The highest BCUT2D eigenvalue weighted by atomic mass is 19.1. The van der Waals surface area contributed by atoms with E-state index in [0.29, 0.717) is 11.6 Å². The Morgan fingerprint density at radius 3 is 2.89 bits per heavy atom. The molecule has 0 aliphatic heterocycles. The molecule has 2 rings (SSSR count). The van der Waals surface area contributed by atoms with Gasteiger partial charge in [0.1, 0.15) is 0 Å². The number of carbonyl (C=O) groups is 1. The summed E-state index contributed by atoms with van der Waals surface area (Å²) in [4.78, 5) is 11.4. The first-order valence-electron chi connectivity index (χ1n) is 6.46. The summed E-state index contributed by atoms with van der Waals surface area (Å²) in [6, 6.07) is 4.64. The average Bonchev–Trinajstić information content (AvgIpc) is 3.14. The molecule has 1 atom stereocenters. The van der Waals surface area contributed by atoms with Gasteiger partial charge in [0.2, 0.25) is 5.91 Å². The molecule has 2 N–H and O–H groups in total. The maximum absolute atomic E-state index is 13.6. The van der Waals surface area contributed by atoms with Crippen LogP contribution in [0, 0.1) is 5.82 Å². The van der Waals surface area contributed by atoms with Crippen molar-refractivity contribution in [1.82, 2.24) is 5.32 Å². The topological polar surface area (TPSA) is 58.6 Å². The highest BCUT2D eigenvalue weighted by molar-refractivity contribution is 5.76. The molecule has 1 aromatic carbocycles. The monoisotopic (exact) mass is 267 g/mol. The Hall–Kier alpha value is -1.62. The Morgan fingerprint density at radius 2 is 2.32 bits per heavy atom. The van der Waals surface area contributed by atoms with Crippen molar-refractivity contribution < 1.29 is 19.0 Å². The number of hydrogen-bond acceptors (Lipinski definition) is 3. The summed E-state index contributed by atoms with van der Waals surface area (Å²) in [5, 5.41) is 12.2. The van der Waals surface area contributed by atoms with Gasteiger partial charge in [0, 0.05) is 6.04 Å². The van der Waals surface area contributed by atoms with E-state index in [1.54, 1.807) is 13.0 Å². The second-order valence-corrected chi connectivity index (χ2v) is 4.81. The predicted molar refractivity (Wildman–Crippen MR) is 68.3 cm³/mol. The molecular weight excluding hydrogens is 249 g/mol. The number of carbonyl (C=O) groups excluding carboxylic acids is 1. The molecule has 1 aromatic rings. The number of halogens is 1. The van der Waals surface area contributed by atoms with Crippen LogP contribution in [0.2, 0.25) is 0 Å². The van der Waals surface area contributed by atoms with Gasteiger partial charge in [-0.2, -0.15) is 0 Å². The third-order valence-electron chi connectivity index (χ3n) is 2.97. The molecule has 0 spiro atoms. The first-order valence-corrected chi connectivity index (χ1v) is 6.46. The Kier molecular flexibility index (Phi) is 4.37. The lowest BCUT2D eigenvalue weighted by Crippen LogP contribution is -2.26. The van der Waals surface area contributed by atoms with Crippen LogP contribution in [-0.2, 0) is 4.79 Å². The van der Waals surface area contributed by atoms with Crippen LogP contribution in [-0.4, -0.2) is 23.7 Å². The first-order chi connectivity index (χ1) is 9.06. The molecule has 104 valence electrons.